The van der Waals surface area contributed by atoms with Gasteiger partial charge in [-0.2, -0.15) is 0 Å². The number of hydrogen-bond donors (Lipinski definition) is 2. The predicted molar refractivity (Wildman–Crippen MR) is 163 cm³/mol. The van der Waals surface area contributed by atoms with Crippen LogP contribution in [-0.2, 0) is 22.6 Å². The summed E-state index contributed by atoms with van der Waals surface area (Å²) in [6, 6.07) is 33.0. The van der Waals surface area contributed by atoms with Crippen LogP contribution in [0.5, 0.6) is 0 Å². The minimum Gasteiger partial charge on any atom is -0.392 e. The van der Waals surface area contributed by atoms with Crippen molar-refractivity contribution in [1.29, 1.82) is 0 Å². The van der Waals surface area contributed by atoms with Gasteiger partial charge in [0.15, 0.2) is 10.6 Å². The highest BCUT2D eigenvalue weighted by atomic mass is 32.2. The zero-order chi connectivity index (χ0) is 27.5. The van der Waals surface area contributed by atoms with Crippen LogP contribution in [-0.4, -0.2) is 21.9 Å². The minimum atomic E-state index is -0.516. The fourth-order valence-corrected chi connectivity index (χ4v) is 7.38. The number of hydrogen-bond acceptors (Lipinski definition) is 7. The van der Waals surface area contributed by atoms with Crippen LogP contribution in [0.1, 0.15) is 41.6 Å². The molecule has 1 aliphatic heterocycles. The summed E-state index contributed by atoms with van der Waals surface area (Å²) in [5.41, 5.74) is 13.2. The van der Waals surface area contributed by atoms with E-state index < -0.39 is 6.29 Å². The molecule has 5 aromatic rings. The van der Waals surface area contributed by atoms with Gasteiger partial charge in [-0.25, -0.2) is 4.98 Å². The number of nitrogens with zero attached hydrogens (tertiary/aromatic N) is 1. The SMILES string of the molecule is C[C@@H]1[C@H](CSc2nc3ccccc3s2)O[C@H](c2cccc(-c3cccc(CN)c3)c2)O[C@@H]1c1ccc(CO)cc1. The van der Waals surface area contributed by atoms with Crippen molar-refractivity contribution in [3.63, 3.8) is 0 Å². The maximum atomic E-state index is 9.54. The van der Waals surface area contributed by atoms with E-state index in [0.717, 1.165) is 49.0 Å². The van der Waals surface area contributed by atoms with E-state index in [1.807, 2.05) is 30.3 Å². The van der Waals surface area contributed by atoms with E-state index in [1.165, 1.54) is 4.70 Å². The highest BCUT2D eigenvalue weighted by molar-refractivity contribution is 8.01. The van der Waals surface area contributed by atoms with Crippen LogP contribution in [0, 0.1) is 5.92 Å². The lowest BCUT2D eigenvalue weighted by Crippen LogP contribution is -2.38. The van der Waals surface area contributed by atoms with Crippen molar-refractivity contribution >= 4 is 33.3 Å². The third kappa shape index (κ3) is 5.86. The van der Waals surface area contributed by atoms with Crippen LogP contribution < -0.4 is 5.73 Å². The predicted octanol–water partition coefficient (Wildman–Crippen LogP) is 7.50. The Morgan fingerprint density at radius 3 is 2.40 bits per heavy atom. The number of aliphatic hydroxyl groups excluding tert-OH is 1. The zero-order valence-electron chi connectivity index (χ0n) is 22.3. The summed E-state index contributed by atoms with van der Waals surface area (Å²) in [7, 11) is 0. The van der Waals surface area contributed by atoms with Gasteiger partial charge in [-0.05, 0) is 52.1 Å². The van der Waals surface area contributed by atoms with Crippen molar-refractivity contribution < 1.29 is 14.6 Å². The molecule has 0 aliphatic carbocycles. The number of benzene rings is 4. The van der Waals surface area contributed by atoms with Crippen molar-refractivity contribution in [2.45, 2.75) is 42.9 Å². The summed E-state index contributed by atoms with van der Waals surface area (Å²) in [5, 5.41) is 9.54. The van der Waals surface area contributed by atoms with Crippen molar-refractivity contribution in [3.8, 4) is 11.1 Å². The molecule has 0 radical (unpaired) electrons. The number of fused-ring (bicyclic) bond motifs is 1. The number of para-hydroxylation sites is 1. The smallest absolute Gasteiger partial charge is 0.184 e. The number of thiazole rings is 1. The average molecular weight is 569 g/mol. The molecule has 5 nitrogen and oxygen atoms in total. The van der Waals surface area contributed by atoms with E-state index in [9.17, 15) is 5.11 Å². The first-order chi connectivity index (χ1) is 19.6. The number of nitrogens with two attached hydrogens (primary N) is 1. The van der Waals surface area contributed by atoms with Gasteiger partial charge < -0.3 is 20.3 Å². The first kappa shape index (κ1) is 27.1. The van der Waals surface area contributed by atoms with Crippen LogP contribution in [0.2, 0.25) is 0 Å². The number of aliphatic hydroxyl groups is 1. The average Bonchev–Trinajstić information content (AvgIpc) is 3.44. The van der Waals surface area contributed by atoms with E-state index in [1.54, 1.807) is 23.1 Å². The van der Waals surface area contributed by atoms with Gasteiger partial charge in [-0.3, -0.25) is 0 Å². The molecule has 40 heavy (non-hydrogen) atoms. The highest BCUT2D eigenvalue weighted by Gasteiger charge is 2.38. The van der Waals surface area contributed by atoms with Crippen LogP contribution in [0.3, 0.4) is 0 Å². The van der Waals surface area contributed by atoms with Crippen molar-refractivity contribution in [2.75, 3.05) is 5.75 Å². The van der Waals surface area contributed by atoms with Crippen molar-refractivity contribution in [2.24, 2.45) is 11.7 Å². The largest absolute Gasteiger partial charge is 0.392 e. The molecule has 0 spiro atoms. The normalized spacial score (nSPS) is 21.1. The van der Waals surface area contributed by atoms with Gasteiger partial charge >= 0.3 is 0 Å². The molecule has 204 valence electrons. The molecule has 0 saturated carbocycles. The summed E-state index contributed by atoms with van der Waals surface area (Å²) in [5.74, 6) is 0.882. The number of thioether (sulfide) groups is 1. The second kappa shape index (κ2) is 12.2. The molecule has 0 unspecified atom stereocenters. The number of ether oxygens (including phenoxy) is 2. The highest BCUT2D eigenvalue weighted by Crippen LogP contribution is 2.44. The van der Waals surface area contributed by atoms with Crippen LogP contribution in [0.4, 0.5) is 0 Å². The summed E-state index contributed by atoms with van der Waals surface area (Å²) >= 11 is 3.46. The van der Waals surface area contributed by atoms with Gasteiger partial charge in [-0.1, -0.05) is 91.5 Å². The molecular formula is C33H32N2O3S2. The van der Waals surface area contributed by atoms with Gasteiger partial charge in [0.05, 0.1) is 29.0 Å². The van der Waals surface area contributed by atoms with Gasteiger partial charge in [0.25, 0.3) is 0 Å². The molecule has 7 heteroatoms. The van der Waals surface area contributed by atoms with Gasteiger partial charge in [0.1, 0.15) is 0 Å². The number of rotatable bonds is 8. The molecule has 4 atom stereocenters. The fourth-order valence-electron chi connectivity index (χ4n) is 5.12. The Morgan fingerprint density at radius 2 is 1.62 bits per heavy atom. The van der Waals surface area contributed by atoms with E-state index in [-0.39, 0.29) is 24.7 Å². The zero-order valence-corrected chi connectivity index (χ0v) is 23.9. The molecule has 4 aromatic carbocycles. The first-order valence-electron chi connectivity index (χ1n) is 13.5. The Labute approximate surface area is 243 Å². The van der Waals surface area contributed by atoms with Gasteiger partial charge in [0.2, 0.25) is 0 Å². The summed E-state index contributed by atoms with van der Waals surface area (Å²) < 4.78 is 15.6. The van der Waals surface area contributed by atoms with Crippen LogP contribution in [0.25, 0.3) is 21.3 Å². The monoisotopic (exact) mass is 568 g/mol. The summed E-state index contributed by atoms with van der Waals surface area (Å²) in [6.45, 7) is 2.72. The Bertz CT molecular complexity index is 1550. The third-order valence-corrected chi connectivity index (χ3v) is 9.69. The fraction of sp³-hybridized carbons (Fsp3) is 0.242. The topological polar surface area (TPSA) is 77.6 Å². The third-order valence-electron chi connectivity index (χ3n) is 7.42. The first-order valence-corrected chi connectivity index (χ1v) is 15.3. The summed E-state index contributed by atoms with van der Waals surface area (Å²) in [6.07, 6.45) is -0.725. The maximum Gasteiger partial charge on any atom is 0.184 e. The molecule has 3 N–H and O–H groups in total. The van der Waals surface area contributed by atoms with Gasteiger partial charge in [0, 0.05) is 23.8 Å². The number of aromatic nitrogens is 1. The summed E-state index contributed by atoms with van der Waals surface area (Å²) in [4.78, 5) is 4.82. The Kier molecular flexibility index (Phi) is 8.30. The second-order valence-electron chi connectivity index (χ2n) is 10.1. The second-order valence-corrected chi connectivity index (χ2v) is 12.4. The molecular weight excluding hydrogens is 537 g/mol. The lowest BCUT2D eigenvalue weighted by atomic mass is 9.91. The van der Waals surface area contributed by atoms with E-state index >= 15 is 0 Å². The maximum absolute atomic E-state index is 9.54. The molecule has 1 aliphatic rings. The molecule has 1 fully saturated rings. The van der Waals surface area contributed by atoms with Crippen LogP contribution in [0.15, 0.2) is 101 Å². The van der Waals surface area contributed by atoms with Crippen molar-refractivity contribution in [1.82, 2.24) is 4.98 Å². The Hall–Kier alpha value is -3.04. The molecule has 6 rings (SSSR count). The molecule has 0 amide bonds. The lowest BCUT2D eigenvalue weighted by Gasteiger charge is -2.41. The molecule has 0 bridgehead atoms. The molecule has 1 aromatic heterocycles. The lowest BCUT2D eigenvalue weighted by molar-refractivity contribution is -0.268. The quantitative estimate of drug-likeness (QED) is 0.189. The Balaban J connectivity index is 1.29. The molecule has 1 saturated heterocycles. The van der Waals surface area contributed by atoms with Crippen molar-refractivity contribution in [3.05, 3.63) is 119 Å². The van der Waals surface area contributed by atoms with Crippen LogP contribution >= 0.6 is 23.1 Å². The minimum absolute atomic E-state index is 0.0205. The Morgan fingerprint density at radius 1 is 0.850 bits per heavy atom. The van der Waals surface area contributed by atoms with E-state index in [4.69, 9.17) is 20.2 Å². The van der Waals surface area contributed by atoms with E-state index in [0.29, 0.717) is 6.54 Å². The standard InChI is InChI=1S/C33H32N2O3S2/c1-21-29(20-39-33-35-28-10-2-3-11-30(28)40-33)37-32(38-31(21)24-14-12-22(19-36)13-15-24)27-9-5-8-26(17-27)25-7-4-6-23(16-25)18-34/h2-17,21,29,31-32,36H,18-20,34H2,1H3/t21-,29+,31+,32+/m1/s1. The van der Waals surface area contributed by atoms with E-state index in [2.05, 4.69) is 73.7 Å². The van der Waals surface area contributed by atoms with Gasteiger partial charge in [-0.15, -0.1) is 11.3 Å². The molecule has 2 heterocycles.